The predicted octanol–water partition coefficient (Wildman–Crippen LogP) is 2.77. The largest absolute Gasteiger partial charge is 0.465 e. The van der Waals surface area contributed by atoms with Gasteiger partial charge < -0.3 is 4.74 Å². The van der Waals surface area contributed by atoms with Gasteiger partial charge in [-0.3, -0.25) is 10.1 Å². The number of anilines is 1. The van der Waals surface area contributed by atoms with Crippen LogP contribution in [0.25, 0.3) is 0 Å². The lowest BCUT2D eigenvalue weighted by Gasteiger charge is -2.02. The third-order valence-electron chi connectivity index (χ3n) is 2.51. The fraction of sp³-hybridized carbons (Fsp3) is 0.154. The highest BCUT2D eigenvalue weighted by molar-refractivity contribution is 7.17. The van der Waals surface area contributed by atoms with E-state index in [0.29, 0.717) is 11.8 Å². The highest BCUT2D eigenvalue weighted by atomic mass is 32.1. The van der Waals surface area contributed by atoms with Crippen LogP contribution in [0.1, 0.15) is 25.7 Å². The molecule has 8 heteroatoms. The van der Waals surface area contributed by atoms with Crippen molar-refractivity contribution >= 4 is 28.3 Å². The predicted molar refractivity (Wildman–Crippen MR) is 72.5 cm³/mol. The van der Waals surface area contributed by atoms with Gasteiger partial charge in [-0.25, -0.2) is 18.6 Å². The zero-order valence-electron chi connectivity index (χ0n) is 11.1. The number of halogens is 2. The molecule has 1 N–H and O–H groups in total. The molecule has 0 aliphatic carbocycles. The summed E-state index contributed by atoms with van der Waals surface area (Å²) in [6.45, 7) is 1.58. The molecule has 0 aliphatic rings. The Hall–Kier alpha value is -2.35. The van der Waals surface area contributed by atoms with E-state index in [0.717, 1.165) is 23.5 Å². The van der Waals surface area contributed by atoms with E-state index in [1.807, 2.05) is 0 Å². The zero-order chi connectivity index (χ0) is 15.6. The number of rotatable bonds is 3. The summed E-state index contributed by atoms with van der Waals surface area (Å²) in [6, 6.07) is 2.47. The summed E-state index contributed by atoms with van der Waals surface area (Å²) >= 11 is 0.918. The van der Waals surface area contributed by atoms with Crippen LogP contribution >= 0.6 is 11.3 Å². The second-order valence-corrected chi connectivity index (χ2v) is 5.04. The van der Waals surface area contributed by atoms with E-state index in [9.17, 15) is 18.4 Å². The second kappa shape index (κ2) is 5.96. The molecule has 5 nitrogen and oxygen atoms in total. The number of aryl methyl sites for hydroxylation is 1. The van der Waals surface area contributed by atoms with Gasteiger partial charge in [-0.15, -0.1) is 0 Å². The SMILES string of the molecule is COC(=O)c1sc(NC(=O)c2cc(F)cc(F)c2)nc1C. The number of esters is 1. The Kier molecular flexibility index (Phi) is 4.27. The van der Waals surface area contributed by atoms with Crippen molar-refractivity contribution in [2.75, 3.05) is 12.4 Å². The lowest BCUT2D eigenvalue weighted by molar-refractivity contribution is 0.0605. The molecule has 0 unspecified atom stereocenters. The van der Waals surface area contributed by atoms with Crippen LogP contribution in [-0.2, 0) is 4.74 Å². The van der Waals surface area contributed by atoms with Crippen molar-refractivity contribution in [2.45, 2.75) is 6.92 Å². The quantitative estimate of drug-likeness (QED) is 0.885. The van der Waals surface area contributed by atoms with Gasteiger partial charge in [0.15, 0.2) is 5.13 Å². The molecular formula is C13H10F2N2O3S. The Morgan fingerprint density at radius 1 is 1.24 bits per heavy atom. The molecule has 0 atom stereocenters. The number of aromatic nitrogens is 1. The Bertz CT molecular complexity index is 695. The van der Waals surface area contributed by atoms with Crippen molar-refractivity contribution in [3.63, 3.8) is 0 Å². The molecule has 2 aromatic rings. The minimum Gasteiger partial charge on any atom is -0.465 e. The van der Waals surface area contributed by atoms with Crippen LogP contribution in [0.2, 0.25) is 0 Å². The highest BCUT2D eigenvalue weighted by Crippen LogP contribution is 2.23. The number of ether oxygens (including phenoxy) is 1. The summed E-state index contributed by atoms with van der Waals surface area (Å²) in [5.41, 5.74) is 0.215. The van der Waals surface area contributed by atoms with Crippen LogP contribution in [-0.4, -0.2) is 24.0 Å². The van der Waals surface area contributed by atoms with Gasteiger partial charge in [-0.05, 0) is 19.1 Å². The molecule has 21 heavy (non-hydrogen) atoms. The van der Waals surface area contributed by atoms with Crippen molar-refractivity contribution in [3.8, 4) is 0 Å². The maximum absolute atomic E-state index is 13.1. The summed E-state index contributed by atoms with van der Waals surface area (Å²) < 4.78 is 30.7. The van der Waals surface area contributed by atoms with Gasteiger partial charge in [0.1, 0.15) is 16.5 Å². The van der Waals surface area contributed by atoms with Crippen LogP contribution in [0.3, 0.4) is 0 Å². The Morgan fingerprint density at radius 2 is 1.86 bits per heavy atom. The van der Waals surface area contributed by atoms with E-state index in [1.165, 1.54) is 7.11 Å². The maximum atomic E-state index is 13.1. The van der Waals surface area contributed by atoms with E-state index in [-0.39, 0.29) is 15.6 Å². The average molecular weight is 312 g/mol. The van der Waals surface area contributed by atoms with Crippen LogP contribution in [0, 0.1) is 18.6 Å². The van der Waals surface area contributed by atoms with Crippen LogP contribution in [0.15, 0.2) is 18.2 Å². The van der Waals surface area contributed by atoms with Crippen molar-refractivity contribution < 1.29 is 23.1 Å². The average Bonchev–Trinajstić information content (AvgIpc) is 2.77. The third kappa shape index (κ3) is 3.40. The molecule has 0 radical (unpaired) electrons. The van der Waals surface area contributed by atoms with E-state index in [2.05, 4.69) is 15.0 Å². The van der Waals surface area contributed by atoms with Crippen LogP contribution in [0.5, 0.6) is 0 Å². The molecule has 1 aromatic carbocycles. The monoisotopic (exact) mass is 312 g/mol. The summed E-state index contributed by atoms with van der Waals surface area (Å²) in [6.07, 6.45) is 0. The smallest absolute Gasteiger partial charge is 0.350 e. The molecule has 0 bridgehead atoms. The summed E-state index contributed by atoms with van der Waals surface area (Å²) in [5, 5.41) is 2.52. The molecule has 0 aliphatic heterocycles. The van der Waals surface area contributed by atoms with E-state index in [1.54, 1.807) is 6.92 Å². The summed E-state index contributed by atoms with van der Waals surface area (Å²) in [7, 11) is 1.23. The van der Waals surface area contributed by atoms with E-state index >= 15 is 0 Å². The van der Waals surface area contributed by atoms with Crippen molar-refractivity contribution in [1.82, 2.24) is 4.98 Å². The fourth-order valence-electron chi connectivity index (χ4n) is 1.59. The van der Waals surface area contributed by atoms with E-state index < -0.39 is 23.5 Å². The number of thiazole rings is 1. The fourth-order valence-corrected chi connectivity index (χ4v) is 2.47. The number of amides is 1. The summed E-state index contributed by atoms with van der Waals surface area (Å²) in [5.74, 6) is -3.00. The first-order valence-corrected chi connectivity index (χ1v) is 6.55. The van der Waals surface area contributed by atoms with Crippen LogP contribution < -0.4 is 5.32 Å². The number of benzene rings is 1. The third-order valence-corrected chi connectivity index (χ3v) is 3.57. The number of nitrogens with one attached hydrogen (secondary N) is 1. The molecule has 1 amide bonds. The Labute approximate surface area is 122 Å². The van der Waals surface area contributed by atoms with Gasteiger partial charge in [-0.1, -0.05) is 11.3 Å². The number of hydrogen-bond acceptors (Lipinski definition) is 5. The van der Waals surface area contributed by atoms with Gasteiger partial charge in [0.25, 0.3) is 5.91 Å². The molecule has 1 aromatic heterocycles. The molecule has 2 rings (SSSR count). The zero-order valence-corrected chi connectivity index (χ0v) is 11.9. The van der Waals surface area contributed by atoms with Crippen molar-refractivity contribution in [3.05, 3.63) is 46.0 Å². The first-order valence-electron chi connectivity index (χ1n) is 5.74. The normalized spacial score (nSPS) is 10.3. The highest BCUT2D eigenvalue weighted by Gasteiger charge is 2.18. The molecular weight excluding hydrogens is 302 g/mol. The van der Waals surface area contributed by atoms with E-state index in [4.69, 9.17) is 0 Å². The first kappa shape index (κ1) is 15.0. The van der Waals surface area contributed by atoms with Gasteiger partial charge >= 0.3 is 5.97 Å². The lowest BCUT2D eigenvalue weighted by Crippen LogP contribution is -2.12. The van der Waals surface area contributed by atoms with Gasteiger partial charge in [0.2, 0.25) is 0 Å². The van der Waals surface area contributed by atoms with Crippen molar-refractivity contribution in [2.24, 2.45) is 0 Å². The molecule has 1 heterocycles. The van der Waals surface area contributed by atoms with Crippen LogP contribution in [0.4, 0.5) is 13.9 Å². The Balaban J connectivity index is 2.22. The first-order chi connectivity index (χ1) is 9.90. The molecule has 0 spiro atoms. The number of nitrogens with zero attached hydrogens (tertiary/aromatic N) is 1. The molecule has 0 saturated carbocycles. The molecule has 110 valence electrons. The molecule has 0 fully saturated rings. The lowest BCUT2D eigenvalue weighted by atomic mass is 10.2. The summed E-state index contributed by atoms with van der Waals surface area (Å²) in [4.78, 5) is 27.6. The number of methoxy groups -OCH3 is 1. The topological polar surface area (TPSA) is 68.3 Å². The van der Waals surface area contributed by atoms with Gasteiger partial charge in [0, 0.05) is 11.6 Å². The van der Waals surface area contributed by atoms with Gasteiger partial charge in [0.05, 0.1) is 12.8 Å². The van der Waals surface area contributed by atoms with Crippen molar-refractivity contribution in [1.29, 1.82) is 0 Å². The number of carbonyl (C=O) groups excluding carboxylic acids is 2. The minimum absolute atomic E-state index is 0.141. The number of hydrogen-bond donors (Lipinski definition) is 1. The van der Waals surface area contributed by atoms with Gasteiger partial charge in [-0.2, -0.15) is 0 Å². The Morgan fingerprint density at radius 3 is 2.43 bits per heavy atom. The number of carbonyl (C=O) groups is 2. The second-order valence-electron chi connectivity index (χ2n) is 4.04. The standard InChI is InChI=1S/C13H10F2N2O3S/c1-6-10(12(19)20-2)21-13(16-6)17-11(18)7-3-8(14)5-9(15)4-7/h3-5H,1-2H3,(H,16,17,18). The molecule has 0 saturated heterocycles. The minimum atomic E-state index is -0.856. The maximum Gasteiger partial charge on any atom is 0.350 e.